The van der Waals surface area contributed by atoms with Crippen LogP contribution in [0.5, 0.6) is 0 Å². The first-order chi connectivity index (χ1) is 8.16. The van der Waals surface area contributed by atoms with Gasteiger partial charge in [0.1, 0.15) is 0 Å². The summed E-state index contributed by atoms with van der Waals surface area (Å²) in [5, 5.41) is 18.1. The minimum Gasteiger partial charge on any atom is -0.481 e. The number of unbranched alkanes of at least 4 members (excludes halogenated alkanes) is 6. The second kappa shape index (κ2) is 11.9. The molecule has 0 unspecified atom stereocenters. The lowest BCUT2D eigenvalue weighted by Gasteiger charge is -2.09. The van der Waals surface area contributed by atoms with E-state index in [1.54, 1.807) is 0 Å². The predicted molar refractivity (Wildman–Crippen MR) is 70.1 cm³/mol. The van der Waals surface area contributed by atoms with E-state index < -0.39 is 5.97 Å². The molecule has 17 heavy (non-hydrogen) atoms. The van der Waals surface area contributed by atoms with Crippen molar-refractivity contribution in [3.8, 4) is 0 Å². The molecule has 0 amide bonds. The van der Waals surface area contributed by atoms with Gasteiger partial charge in [0.15, 0.2) is 0 Å². The number of rotatable bonds is 12. The van der Waals surface area contributed by atoms with E-state index in [-0.39, 0.29) is 12.5 Å². The second-order valence-corrected chi connectivity index (χ2v) is 4.85. The average Bonchev–Trinajstić information content (AvgIpc) is 2.29. The van der Waals surface area contributed by atoms with Crippen LogP contribution in [0.3, 0.4) is 0 Å². The van der Waals surface area contributed by atoms with Crippen LogP contribution in [0.15, 0.2) is 0 Å². The lowest BCUT2D eigenvalue weighted by molar-refractivity contribution is -0.137. The molecule has 1 atom stereocenters. The number of aliphatic carboxylic acids is 1. The fourth-order valence-electron chi connectivity index (χ4n) is 1.96. The van der Waals surface area contributed by atoms with Crippen molar-refractivity contribution in [2.45, 2.75) is 83.7 Å². The van der Waals surface area contributed by atoms with Gasteiger partial charge in [0, 0.05) is 6.42 Å². The van der Waals surface area contributed by atoms with Gasteiger partial charge in [0.2, 0.25) is 0 Å². The molecule has 3 nitrogen and oxygen atoms in total. The molecule has 0 aromatic heterocycles. The highest BCUT2D eigenvalue weighted by Crippen LogP contribution is 2.12. The van der Waals surface area contributed by atoms with E-state index in [9.17, 15) is 9.90 Å². The smallest absolute Gasteiger partial charge is 0.303 e. The van der Waals surface area contributed by atoms with E-state index in [1.807, 2.05) is 0 Å². The average molecular weight is 244 g/mol. The molecule has 0 heterocycles. The number of hydrogen-bond donors (Lipinski definition) is 2. The molecule has 0 aliphatic carbocycles. The zero-order valence-corrected chi connectivity index (χ0v) is 11.2. The summed E-state index contributed by atoms with van der Waals surface area (Å²) in [6.45, 7) is 2.21. The lowest BCUT2D eigenvalue weighted by Crippen LogP contribution is -2.06. The summed E-state index contributed by atoms with van der Waals surface area (Å²) in [6.07, 6.45) is 10.6. The third kappa shape index (κ3) is 13.4. The Bertz CT molecular complexity index is 180. The van der Waals surface area contributed by atoms with Crippen molar-refractivity contribution in [3.63, 3.8) is 0 Å². The van der Waals surface area contributed by atoms with Crippen LogP contribution in [0.1, 0.15) is 77.6 Å². The van der Waals surface area contributed by atoms with Crippen LogP contribution in [-0.4, -0.2) is 22.3 Å². The first kappa shape index (κ1) is 16.4. The molecule has 0 saturated carbocycles. The molecule has 0 aromatic carbocycles. The molecule has 0 aliphatic rings. The van der Waals surface area contributed by atoms with Gasteiger partial charge >= 0.3 is 5.97 Å². The summed E-state index contributed by atoms with van der Waals surface area (Å²) in [6, 6.07) is 0. The first-order valence-corrected chi connectivity index (χ1v) is 7.06. The largest absolute Gasteiger partial charge is 0.481 e. The van der Waals surface area contributed by atoms with E-state index in [4.69, 9.17) is 5.11 Å². The van der Waals surface area contributed by atoms with Gasteiger partial charge in [0.05, 0.1) is 6.10 Å². The number of aliphatic hydroxyl groups excluding tert-OH is 1. The van der Waals surface area contributed by atoms with Crippen LogP contribution >= 0.6 is 0 Å². The number of aliphatic hydroxyl groups is 1. The summed E-state index contributed by atoms with van der Waals surface area (Å²) < 4.78 is 0. The zero-order valence-electron chi connectivity index (χ0n) is 11.2. The molecule has 0 rings (SSSR count). The Morgan fingerprint density at radius 1 is 0.941 bits per heavy atom. The van der Waals surface area contributed by atoms with Crippen molar-refractivity contribution < 1.29 is 15.0 Å². The third-order valence-electron chi connectivity index (χ3n) is 3.07. The van der Waals surface area contributed by atoms with Crippen LogP contribution in [0.2, 0.25) is 0 Å². The van der Waals surface area contributed by atoms with Crippen LogP contribution in [0.25, 0.3) is 0 Å². The fourth-order valence-corrected chi connectivity index (χ4v) is 1.96. The quantitative estimate of drug-likeness (QED) is 0.514. The van der Waals surface area contributed by atoms with Crippen LogP contribution < -0.4 is 0 Å². The van der Waals surface area contributed by atoms with Crippen molar-refractivity contribution in [3.05, 3.63) is 0 Å². The Morgan fingerprint density at radius 2 is 1.47 bits per heavy atom. The van der Waals surface area contributed by atoms with Gasteiger partial charge in [-0.3, -0.25) is 4.79 Å². The standard InChI is InChI=1S/C14H28O3/c1-2-3-4-5-6-7-10-13(15)11-8-9-12-14(16)17/h13,15H,2-12H2,1H3,(H,16,17)/t13-/m0/s1. The van der Waals surface area contributed by atoms with Crippen LogP contribution in [0, 0.1) is 0 Å². The summed E-state index contributed by atoms with van der Waals surface area (Å²) in [4.78, 5) is 10.3. The first-order valence-electron chi connectivity index (χ1n) is 7.06. The molecule has 2 N–H and O–H groups in total. The zero-order chi connectivity index (χ0) is 12.9. The number of hydrogen-bond acceptors (Lipinski definition) is 2. The van der Waals surface area contributed by atoms with Crippen molar-refractivity contribution in [2.24, 2.45) is 0 Å². The lowest BCUT2D eigenvalue weighted by atomic mass is 10.0. The molecule has 0 saturated heterocycles. The summed E-state index contributed by atoms with van der Waals surface area (Å²) >= 11 is 0. The third-order valence-corrected chi connectivity index (χ3v) is 3.07. The topological polar surface area (TPSA) is 57.5 Å². The maximum atomic E-state index is 10.3. The maximum absolute atomic E-state index is 10.3. The van der Waals surface area contributed by atoms with Crippen molar-refractivity contribution >= 4 is 5.97 Å². The van der Waals surface area contributed by atoms with E-state index in [1.165, 1.54) is 32.1 Å². The molecule has 0 aromatic rings. The van der Waals surface area contributed by atoms with Crippen LogP contribution in [0.4, 0.5) is 0 Å². The normalized spacial score (nSPS) is 12.6. The maximum Gasteiger partial charge on any atom is 0.303 e. The van der Waals surface area contributed by atoms with Crippen molar-refractivity contribution in [1.82, 2.24) is 0 Å². The summed E-state index contributed by atoms with van der Waals surface area (Å²) in [5.74, 6) is -0.740. The number of carboxylic acid groups (broad SMARTS) is 1. The van der Waals surface area contributed by atoms with Crippen LogP contribution in [-0.2, 0) is 4.79 Å². The molecule has 0 spiro atoms. The molecule has 0 aliphatic heterocycles. The van der Waals surface area contributed by atoms with Gasteiger partial charge in [-0.05, 0) is 19.3 Å². The summed E-state index contributed by atoms with van der Waals surface area (Å²) in [7, 11) is 0. The molecule has 0 bridgehead atoms. The van der Waals surface area contributed by atoms with Gasteiger partial charge in [-0.25, -0.2) is 0 Å². The van der Waals surface area contributed by atoms with E-state index >= 15 is 0 Å². The Balaban J connectivity index is 3.17. The highest BCUT2D eigenvalue weighted by atomic mass is 16.4. The minimum atomic E-state index is -0.740. The molecular weight excluding hydrogens is 216 g/mol. The molecule has 0 fully saturated rings. The minimum absolute atomic E-state index is 0.226. The van der Waals surface area contributed by atoms with Gasteiger partial charge in [-0.1, -0.05) is 51.9 Å². The Labute approximate surface area is 105 Å². The fraction of sp³-hybridized carbons (Fsp3) is 0.929. The number of carboxylic acids is 1. The molecule has 3 heteroatoms. The predicted octanol–water partition coefficient (Wildman–Crippen LogP) is 3.74. The Kier molecular flexibility index (Phi) is 11.5. The highest BCUT2D eigenvalue weighted by Gasteiger charge is 2.04. The van der Waals surface area contributed by atoms with E-state index in [0.717, 1.165) is 25.7 Å². The van der Waals surface area contributed by atoms with E-state index in [0.29, 0.717) is 6.42 Å². The molecule has 0 radical (unpaired) electrons. The summed E-state index contributed by atoms with van der Waals surface area (Å²) in [5.41, 5.74) is 0. The second-order valence-electron chi connectivity index (χ2n) is 4.85. The Hall–Kier alpha value is -0.570. The highest BCUT2D eigenvalue weighted by molar-refractivity contribution is 5.66. The van der Waals surface area contributed by atoms with Gasteiger partial charge in [0.25, 0.3) is 0 Å². The number of carbonyl (C=O) groups is 1. The molecular formula is C14H28O3. The van der Waals surface area contributed by atoms with Gasteiger partial charge < -0.3 is 10.2 Å². The SMILES string of the molecule is CCCCCCCC[C@H](O)CCCCC(=O)O. The van der Waals surface area contributed by atoms with Crippen molar-refractivity contribution in [2.75, 3.05) is 0 Å². The van der Waals surface area contributed by atoms with E-state index in [2.05, 4.69) is 6.92 Å². The molecule has 102 valence electrons. The van der Waals surface area contributed by atoms with Gasteiger partial charge in [-0.2, -0.15) is 0 Å². The Morgan fingerprint density at radius 3 is 2.06 bits per heavy atom. The van der Waals surface area contributed by atoms with Crippen molar-refractivity contribution in [1.29, 1.82) is 0 Å². The monoisotopic (exact) mass is 244 g/mol. The van der Waals surface area contributed by atoms with Gasteiger partial charge in [-0.15, -0.1) is 0 Å².